The number of carboxylic acid groups (broad SMARTS) is 1. The number of carboxylic acids is 1. The molecule has 8 nitrogen and oxygen atoms in total. The number of ether oxygens (including phenoxy) is 2. The van der Waals surface area contributed by atoms with E-state index in [1.54, 1.807) is 6.07 Å². The van der Waals surface area contributed by atoms with E-state index in [1.165, 1.54) is 24.0 Å². The predicted molar refractivity (Wildman–Crippen MR) is 105 cm³/mol. The average Bonchev–Trinajstić information content (AvgIpc) is 3.06. The van der Waals surface area contributed by atoms with E-state index in [2.05, 4.69) is 11.4 Å². The lowest BCUT2D eigenvalue weighted by atomic mass is 9.56. The van der Waals surface area contributed by atoms with Crippen LogP contribution in [0.25, 0.3) is 0 Å². The third-order valence-electron chi connectivity index (χ3n) is 7.74. The van der Waals surface area contributed by atoms with Crippen LogP contribution in [0.4, 0.5) is 0 Å². The van der Waals surface area contributed by atoms with Gasteiger partial charge >= 0.3 is 5.97 Å². The Morgan fingerprint density at radius 1 is 1.13 bits per heavy atom. The van der Waals surface area contributed by atoms with E-state index in [4.69, 9.17) is 9.47 Å². The van der Waals surface area contributed by atoms with Crippen molar-refractivity contribution in [3.63, 3.8) is 0 Å². The van der Waals surface area contributed by atoms with Gasteiger partial charge in [0.1, 0.15) is 24.1 Å². The molecule has 3 aliphatic heterocycles. The Balaban J connectivity index is 1.43. The van der Waals surface area contributed by atoms with Gasteiger partial charge in [-0.05, 0) is 79.7 Å². The van der Waals surface area contributed by atoms with Crippen LogP contribution in [0, 0.1) is 5.92 Å². The van der Waals surface area contributed by atoms with Crippen molar-refractivity contribution < 1.29 is 34.7 Å². The number of rotatable bonds is 3. The zero-order valence-electron chi connectivity index (χ0n) is 16.7. The van der Waals surface area contributed by atoms with Gasteiger partial charge in [-0.25, -0.2) is 4.79 Å². The Labute approximate surface area is 174 Å². The van der Waals surface area contributed by atoms with Crippen molar-refractivity contribution >= 4 is 5.97 Å². The minimum atomic E-state index is -1.73. The van der Waals surface area contributed by atoms with Crippen LogP contribution in [0.15, 0.2) is 18.2 Å². The van der Waals surface area contributed by atoms with Gasteiger partial charge in [0.15, 0.2) is 6.10 Å². The zero-order valence-corrected chi connectivity index (χ0v) is 16.7. The Bertz CT molecular complexity index is 828. The number of fused-ring (bicyclic) bond motifs is 4. The Kier molecular flexibility index (Phi) is 5.02. The third-order valence-corrected chi connectivity index (χ3v) is 7.74. The SMILES string of the molecule is O=C(O)[C@H]1O[C@@H](Oc2ccc3c(c2)[C@]24CCN[C@H](CC2)C[C@H]4CC3)[C@H](O)[C@@H](O)[C@@H]1O. The number of aliphatic hydroxyl groups excluding tert-OH is 3. The van der Waals surface area contributed by atoms with Crippen LogP contribution in [0.1, 0.15) is 43.2 Å². The highest BCUT2D eigenvalue weighted by Gasteiger charge is 2.50. The molecule has 8 atom stereocenters. The molecule has 5 N–H and O–H groups in total. The fraction of sp³-hybridized carbons (Fsp3) is 0.682. The predicted octanol–water partition coefficient (Wildman–Crippen LogP) is 0.304. The van der Waals surface area contributed by atoms with Gasteiger partial charge < -0.3 is 35.2 Å². The molecule has 6 rings (SSSR count). The van der Waals surface area contributed by atoms with Crippen molar-refractivity contribution in [3.8, 4) is 5.75 Å². The summed E-state index contributed by atoms with van der Waals surface area (Å²) in [4.78, 5) is 11.3. The minimum absolute atomic E-state index is 0.123. The normalized spacial score (nSPS) is 42.7. The average molecular weight is 419 g/mol. The molecule has 2 aliphatic carbocycles. The van der Waals surface area contributed by atoms with Gasteiger partial charge in [-0.3, -0.25) is 0 Å². The Morgan fingerprint density at radius 3 is 2.77 bits per heavy atom. The summed E-state index contributed by atoms with van der Waals surface area (Å²) < 4.78 is 11.1. The van der Waals surface area contributed by atoms with E-state index in [-0.39, 0.29) is 5.41 Å². The second kappa shape index (κ2) is 7.46. The molecule has 5 aliphatic rings. The van der Waals surface area contributed by atoms with Gasteiger partial charge in [-0.15, -0.1) is 0 Å². The van der Waals surface area contributed by atoms with Crippen LogP contribution in [0.3, 0.4) is 0 Å². The molecule has 1 saturated carbocycles. The maximum Gasteiger partial charge on any atom is 0.335 e. The van der Waals surface area contributed by atoms with E-state index in [0.717, 1.165) is 32.2 Å². The first-order chi connectivity index (χ1) is 14.4. The van der Waals surface area contributed by atoms with Crippen LogP contribution in [0.5, 0.6) is 5.75 Å². The maximum absolute atomic E-state index is 11.3. The smallest absolute Gasteiger partial charge is 0.335 e. The molecule has 1 spiro atoms. The van der Waals surface area contributed by atoms with Crippen LogP contribution < -0.4 is 10.1 Å². The molecule has 8 heteroatoms. The van der Waals surface area contributed by atoms with Crippen LogP contribution in [0.2, 0.25) is 0 Å². The summed E-state index contributed by atoms with van der Waals surface area (Å²) in [5.74, 6) is -0.310. The first-order valence-corrected chi connectivity index (χ1v) is 10.8. The molecule has 3 heterocycles. The van der Waals surface area contributed by atoms with Gasteiger partial charge in [-0.1, -0.05) is 6.07 Å². The molecule has 3 saturated heterocycles. The molecule has 0 aromatic heterocycles. The van der Waals surface area contributed by atoms with Gasteiger partial charge in [-0.2, -0.15) is 0 Å². The summed E-state index contributed by atoms with van der Waals surface area (Å²) in [7, 11) is 0. The van der Waals surface area contributed by atoms with Crippen LogP contribution >= 0.6 is 0 Å². The maximum atomic E-state index is 11.3. The minimum Gasteiger partial charge on any atom is -0.479 e. The largest absolute Gasteiger partial charge is 0.479 e. The van der Waals surface area contributed by atoms with Gasteiger partial charge in [0.25, 0.3) is 0 Å². The number of carbonyl (C=O) groups is 1. The summed E-state index contributed by atoms with van der Waals surface area (Å²) in [5, 5.41) is 43.1. The second-order valence-electron chi connectivity index (χ2n) is 9.24. The quantitative estimate of drug-likeness (QED) is 0.473. The highest BCUT2D eigenvalue weighted by atomic mass is 16.7. The molecule has 1 aromatic carbocycles. The van der Waals surface area contributed by atoms with Crippen molar-refractivity contribution in [2.24, 2.45) is 5.92 Å². The van der Waals surface area contributed by atoms with E-state index in [9.17, 15) is 25.2 Å². The van der Waals surface area contributed by atoms with Crippen molar-refractivity contribution in [1.29, 1.82) is 0 Å². The van der Waals surface area contributed by atoms with Crippen molar-refractivity contribution in [2.45, 2.75) is 80.7 Å². The molecule has 164 valence electrons. The van der Waals surface area contributed by atoms with Crippen LogP contribution in [-0.2, 0) is 21.4 Å². The van der Waals surface area contributed by atoms with Crippen molar-refractivity contribution in [1.82, 2.24) is 5.32 Å². The Hall–Kier alpha value is -1.71. The lowest BCUT2D eigenvalue weighted by Gasteiger charge is -2.48. The summed E-state index contributed by atoms with van der Waals surface area (Å²) in [6, 6.07) is 6.48. The summed E-state index contributed by atoms with van der Waals surface area (Å²) in [5.41, 5.74) is 2.74. The number of aliphatic carboxylic acids is 1. The zero-order chi connectivity index (χ0) is 21.0. The summed E-state index contributed by atoms with van der Waals surface area (Å²) >= 11 is 0. The van der Waals surface area contributed by atoms with E-state index in [0.29, 0.717) is 17.7 Å². The third kappa shape index (κ3) is 3.13. The molecule has 0 amide bonds. The Morgan fingerprint density at radius 2 is 1.97 bits per heavy atom. The number of benzene rings is 1. The second-order valence-corrected chi connectivity index (χ2v) is 9.24. The fourth-order valence-corrected chi connectivity index (χ4v) is 6.14. The van der Waals surface area contributed by atoms with E-state index < -0.39 is 36.7 Å². The fourth-order valence-electron chi connectivity index (χ4n) is 6.14. The van der Waals surface area contributed by atoms with E-state index >= 15 is 0 Å². The number of aliphatic hydroxyl groups is 3. The number of hydrogen-bond donors (Lipinski definition) is 5. The monoisotopic (exact) mass is 419 g/mol. The molecule has 30 heavy (non-hydrogen) atoms. The van der Waals surface area contributed by atoms with Gasteiger partial charge in [0.2, 0.25) is 6.29 Å². The molecular formula is C22H29NO7. The molecule has 4 fully saturated rings. The lowest BCUT2D eigenvalue weighted by Crippen LogP contribution is -2.61. The molecule has 1 aromatic rings. The first-order valence-electron chi connectivity index (χ1n) is 10.8. The lowest BCUT2D eigenvalue weighted by molar-refractivity contribution is -0.271. The molecule has 2 bridgehead atoms. The molecular weight excluding hydrogens is 390 g/mol. The molecule has 0 unspecified atom stereocenters. The van der Waals surface area contributed by atoms with Gasteiger partial charge in [0.05, 0.1) is 0 Å². The summed E-state index contributed by atoms with van der Waals surface area (Å²) in [6.45, 7) is 1.00. The number of nitrogens with one attached hydrogen (secondary N) is 1. The standard InChI is InChI=1S/C22H29NO7/c24-16-17(25)19(20(27)28)30-21(18(16)26)29-14-4-2-11-1-3-12-9-13-5-6-22(12,7-8-23-13)15(11)10-14/h2,4,10,12-13,16-19,21,23-26H,1,3,5-9H2,(H,27,28)/t12-,13-,16+,17+,18-,19+,21-,22+/m1/s1. The highest BCUT2D eigenvalue weighted by molar-refractivity contribution is 5.73. The van der Waals surface area contributed by atoms with Crippen molar-refractivity contribution in [3.05, 3.63) is 29.3 Å². The highest BCUT2D eigenvalue weighted by Crippen LogP contribution is 2.54. The van der Waals surface area contributed by atoms with Crippen molar-refractivity contribution in [2.75, 3.05) is 6.54 Å². The summed E-state index contributed by atoms with van der Waals surface area (Å²) in [6.07, 6.45) is -1.21. The topological polar surface area (TPSA) is 128 Å². The number of aryl methyl sites for hydroxylation is 1. The van der Waals surface area contributed by atoms with E-state index in [1.807, 2.05) is 6.07 Å². The van der Waals surface area contributed by atoms with Gasteiger partial charge in [0, 0.05) is 6.04 Å². The number of hydrogen-bond acceptors (Lipinski definition) is 7. The van der Waals surface area contributed by atoms with Crippen LogP contribution in [-0.4, -0.2) is 69.7 Å². The molecule has 0 radical (unpaired) electrons. The first kappa shape index (κ1) is 20.2.